The first-order chi connectivity index (χ1) is 7.60. The molecule has 0 radical (unpaired) electrons. The molecule has 0 bridgehead atoms. The Morgan fingerprint density at radius 2 is 2.31 bits per heavy atom. The van der Waals surface area contributed by atoms with Gasteiger partial charge in [-0.2, -0.15) is 0 Å². The highest BCUT2D eigenvalue weighted by molar-refractivity contribution is 6.30. The molecule has 1 fully saturated rings. The third kappa shape index (κ3) is 2.44. The average Bonchev–Trinajstić information content (AvgIpc) is 2.13. The van der Waals surface area contributed by atoms with E-state index in [9.17, 15) is 4.79 Å². The molecule has 86 valence electrons. The molecule has 0 unspecified atom stereocenters. The van der Waals surface area contributed by atoms with Crippen LogP contribution in [0, 0.1) is 0 Å². The second-order valence-corrected chi connectivity index (χ2v) is 4.48. The van der Waals surface area contributed by atoms with Gasteiger partial charge in [0.15, 0.2) is 0 Å². The second kappa shape index (κ2) is 4.29. The second-order valence-electron chi connectivity index (χ2n) is 4.05. The molecule has 1 aromatic rings. The van der Waals surface area contributed by atoms with Crippen molar-refractivity contribution in [2.45, 2.75) is 31.3 Å². The zero-order valence-electron chi connectivity index (χ0n) is 8.65. The van der Waals surface area contributed by atoms with Gasteiger partial charge in [0.25, 0.3) is 0 Å². The van der Waals surface area contributed by atoms with Crippen molar-refractivity contribution in [1.29, 1.82) is 0 Å². The summed E-state index contributed by atoms with van der Waals surface area (Å²) in [5, 5.41) is 9.31. The van der Waals surface area contributed by atoms with Crippen LogP contribution >= 0.6 is 11.6 Å². The molecule has 1 aromatic heterocycles. The minimum absolute atomic E-state index is 0.0273. The summed E-state index contributed by atoms with van der Waals surface area (Å²) in [4.78, 5) is 14.6. The van der Waals surface area contributed by atoms with Crippen molar-refractivity contribution < 1.29 is 14.6 Å². The van der Waals surface area contributed by atoms with Crippen LogP contribution in [0.3, 0.4) is 0 Å². The van der Waals surface area contributed by atoms with Gasteiger partial charge < -0.3 is 9.84 Å². The van der Waals surface area contributed by atoms with Gasteiger partial charge in [0, 0.05) is 12.3 Å². The number of nitrogens with zero attached hydrogens (tertiary/aromatic N) is 1. The molecule has 0 saturated heterocycles. The van der Waals surface area contributed by atoms with Gasteiger partial charge in [-0.3, -0.25) is 9.78 Å². The molecule has 0 aliphatic heterocycles. The van der Waals surface area contributed by atoms with Crippen molar-refractivity contribution in [3.05, 3.63) is 23.5 Å². The number of aliphatic carboxylic acids is 1. The summed E-state index contributed by atoms with van der Waals surface area (Å²) in [5.74, 6) is -0.303. The Morgan fingerprint density at radius 1 is 1.56 bits per heavy atom. The Hall–Kier alpha value is -1.29. The maximum atomic E-state index is 10.7. The summed E-state index contributed by atoms with van der Waals surface area (Å²) >= 11 is 5.78. The summed E-state index contributed by atoms with van der Waals surface area (Å²) in [6, 6.07) is 1.65. The Morgan fingerprint density at radius 3 is 2.81 bits per heavy atom. The standard InChI is InChI=1S/C11H12ClNO3/c12-8-4-9(7-13-6-8)16-11(2-1-3-11)5-10(14)15/h4,6-7H,1-3,5H2,(H,14,15). The van der Waals surface area contributed by atoms with E-state index in [-0.39, 0.29) is 6.42 Å². The summed E-state index contributed by atoms with van der Waals surface area (Å²) in [5.41, 5.74) is -0.557. The Labute approximate surface area is 98.2 Å². The van der Waals surface area contributed by atoms with E-state index in [0.29, 0.717) is 10.8 Å². The van der Waals surface area contributed by atoms with Crippen molar-refractivity contribution in [1.82, 2.24) is 4.98 Å². The zero-order valence-corrected chi connectivity index (χ0v) is 9.41. The number of carbonyl (C=O) groups is 1. The third-order valence-corrected chi connectivity index (χ3v) is 2.96. The van der Waals surface area contributed by atoms with E-state index in [0.717, 1.165) is 19.3 Å². The van der Waals surface area contributed by atoms with E-state index in [1.54, 1.807) is 12.3 Å². The predicted molar refractivity (Wildman–Crippen MR) is 58.7 cm³/mol. The lowest BCUT2D eigenvalue weighted by Crippen LogP contribution is -2.45. The molecule has 2 rings (SSSR count). The molecule has 4 nitrogen and oxygen atoms in total. The van der Waals surface area contributed by atoms with Crippen molar-refractivity contribution in [2.24, 2.45) is 0 Å². The maximum absolute atomic E-state index is 10.7. The van der Waals surface area contributed by atoms with Gasteiger partial charge in [0.1, 0.15) is 11.4 Å². The van der Waals surface area contributed by atoms with Gasteiger partial charge in [-0.1, -0.05) is 11.6 Å². The van der Waals surface area contributed by atoms with Crippen LogP contribution < -0.4 is 4.74 Å². The highest BCUT2D eigenvalue weighted by atomic mass is 35.5. The predicted octanol–water partition coefficient (Wildman–Crippen LogP) is 2.51. The Bertz CT molecular complexity index is 404. The lowest BCUT2D eigenvalue weighted by Gasteiger charge is -2.40. The minimum Gasteiger partial charge on any atom is -0.485 e. The SMILES string of the molecule is O=C(O)CC1(Oc2cncc(Cl)c2)CCC1. The molecular weight excluding hydrogens is 230 g/mol. The topological polar surface area (TPSA) is 59.4 Å². The number of aromatic nitrogens is 1. The first-order valence-corrected chi connectivity index (χ1v) is 5.49. The number of halogens is 1. The van der Waals surface area contributed by atoms with Gasteiger partial charge >= 0.3 is 5.97 Å². The largest absolute Gasteiger partial charge is 0.485 e. The molecule has 0 spiro atoms. The fraction of sp³-hybridized carbons (Fsp3) is 0.455. The highest BCUT2D eigenvalue weighted by Gasteiger charge is 2.41. The zero-order chi connectivity index (χ0) is 11.6. The van der Waals surface area contributed by atoms with Crippen LogP contribution in [0.5, 0.6) is 5.75 Å². The van der Waals surface area contributed by atoms with Gasteiger partial charge in [-0.25, -0.2) is 0 Å². The van der Waals surface area contributed by atoms with Gasteiger partial charge in [-0.15, -0.1) is 0 Å². The molecule has 5 heteroatoms. The van der Waals surface area contributed by atoms with E-state index in [2.05, 4.69) is 4.98 Å². The van der Waals surface area contributed by atoms with Crippen LogP contribution in [0.2, 0.25) is 5.02 Å². The van der Waals surface area contributed by atoms with E-state index >= 15 is 0 Å². The number of ether oxygens (including phenoxy) is 1. The van der Waals surface area contributed by atoms with Gasteiger partial charge in [0.05, 0.1) is 17.6 Å². The van der Waals surface area contributed by atoms with Crippen LogP contribution in [0.15, 0.2) is 18.5 Å². The van der Waals surface area contributed by atoms with Gasteiger partial charge in [-0.05, 0) is 19.3 Å². The number of pyridine rings is 1. The van der Waals surface area contributed by atoms with E-state index in [1.807, 2.05) is 0 Å². The van der Waals surface area contributed by atoms with Crippen LogP contribution in [-0.2, 0) is 4.79 Å². The molecule has 0 atom stereocenters. The van der Waals surface area contributed by atoms with E-state index < -0.39 is 11.6 Å². The summed E-state index contributed by atoms with van der Waals surface area (Å²) in [6.07, 6.45) is 5.63. The van der Waals surface area contributed by atoms with Crippen LogP contribution in [0.25, 0.3) is 0 Å². The first kappa shape index (κ1) is 11.2. The summed E-state index contributed by atoms with van der Waals surface area (Å²) in [7, 11) is 0. The third-order valence-electron chi connectivity index (χ3n) is 2.75. The minimum atomic E-state index is -0.838. The Kier molecular flexibility index (Phi) is 3.01. The van der Waals surface area contributed by atoms with E-state index in [1.165, 1.54) is 6.20 Å². The number of hydrogen-bond acceptors (Lipinski definition) is 3. The van der Waals surface area contributed by atoms with Gasteiger partial charge in [0.2, 0.25) is 0 Å². The van der Waals surface area contributed by atoms with Crippen molar-refractivity contribution in [2.75, 3.05) is 0 Å². The molecule has 1 aliphatic carbocycles. The lowest BCUT2D eigenvalue weighted by molar-refractivity contribution is -0.144. The van der Waals surface area contributed by atoms with Crippen LogP contribution in [0.4, 0.5) is 0 Å². The molecule has 1 heterocycles. The molecular formula is C11H12ClNO3. The lowest BCUT2D eigenvalue weighted by atomic mass is 9.77. The van der Waals surface area contributed by atoms with Crippen LogP contribution in [0.1, 0.15) is 25.7 Å². The number of carboxylic acids is 1. The smallest absolute Gasteiger partial charge is 0.307 e. The monoisotopic (exact) mass is 241 g/mol. The number of hydrogen-bond donors (Lipinski definition) is 1. The molecule has 0 aromatic carbocycles. The molecule has 1 saturated carbocycles. The number of carboxylic acid groups (broad SMARTS) is 1. The Balaban J connectivity index is 2.09. The number of rotatable bonds is 4. The van der Waals surface area contributed by atoms with Crippen LogP contribution in [-0.4, -0.2) is 21.7 Å². The fourth-order valence-electron chi connectivity index (χ4n) is 1.86. The van der Waals surface area contributed by atoms with E-state index in [4.69, 9.17) is 21.4 Å². The van der Waals surface area contributed by atoms with Crippen molar-refractivity contribution in [3.8, 4) is 5.75 Å². The highest BCUT2D eigenvalue weighted by Crippen LogP contribution is 2.39. The molecule has 1 N–H and O–H groups in total. The first-order valence-electron chi connectivity index (χ1n) is 5.11. The molecule has 1 aliphatic rings. The quantitative estimate of drug-likeness (QED) is 0.880. The maximum Gasteiger partial charge on any atom is 0.307 e. The summed E-state index contributed by atoms with van der Waals surface area (Å²) < 4.78 is 5.70. The van der Waals surface area contributed by atoms with Crippen molar-refractivity contribution in [3.63, 3.8) is 0 Å². The molecule has 0 amide bonds. The summed E-state index contributed by atoms with van der Waals surface area (Å²) in [6.45, 7) is 0. The van der Waals surface area contributed by atoms with Crippen molar-refractivity contribution >= 4 is 17.6 Å². The fourth-order valence-corrected chi connectivity index (χ4v) is 2.02. The molecule has 16 heavy (non-hydrogen) atoms. The average molecular weight is 242 g/mol. The normalized spacial score (nSPS) is 17.6.